The zero-order valence-corrected chi connectivity index (χ0v) is 8.84. The minimum atomic E-state index is 0.841. The van der Waals surface area contributed by atoms with Gasteiger partial charge in [-0.05, 0) is 24.5 Å². The van der Waals surface area contributed by atoms with Crippen LogP contribution in [0.5, 0.6) is 0 Å². The quantitative estimate of drug-likeness (QED) is 0.525. The van der Waals surface area contributed by atoms with E-state index in [-0.39, 0.29) is 0 Å². The third kappa shape index (κ3) is 2.17. The molecule has 0 saturated carbocycles. The van der Waals surface area contributed by atoms with Gasteiger partial charge in [-0.2, -0.15) is 0 Å². The first-order chi connectivity index (χ1) is 6.70. The topological polar surface area (TPSA) is 41.3 Å². The van der Waals surface area contributed by atoms with Gasteiger partial charge in [-0.15, -0.1) is 0 Å². The Morgan fingerprint density at radius 3 is 2.93 bits per heavy atom. The fraction of sp³-hybridized carbons (Fsp3) is 0.455. The average molecular weight is 193 g/mol. The van der Waals surface area contributed by atoms with Gasteiger partial charge < -0.3 is 10.3 Å². The van der Waals surface area contributed by atoms with E-state index in [1.54, 1.807) is 11.1 Å². The molecule has 0 fully saturated rings. The summed E-state index contributed by atoms with van der Waals surface area (Å²) in [5.74, 6) is 5.94. The van der Waals surface area contributed by atoms with Crippen molar-refractivity contribution in [3.05, 3.63) is 36.2 Å². The Balaban J connectivity index is 2.91. The molecule has 0 amide bonds. The van der Waals surface area contributed by atoms with Crippen LogP contribution in [0.2, 0.25) is 0 Å². The van der Waals surface area contributed by atoms with E-state index in [2.05, 4.69) is 25.4 Å². The molecule has 0 aliphatic carbocycles. The molecule has 0 aromatic rings. The van der Waals surface area contributed by atoms with Crippen molar-refractivity contribution in [2.24, 2.45) is 5.84 Å². The highest BCUT2D eigenvalue weighted by molar-refractivity contribution is 5.38. The molecule has 1 aliphatic rings. The summed E-state index contributed by atoms with van der Waals surface area (Å²) in [6.45, 7) is 11.7. The first-order valence-corrected chi connectivity index (χ1v) is 5.01. The van der Waals surface area contributed by atoms with Crippen LogP contribution in [0.15, 0.2) is 36.2 Å². The SMILES string of the molecule is C=CC1=C(N(N)CCC)C(=C)CCN1. The van der Waals surface area contributed by atoms with Crippen LogP contribution >= 0.6 is 0 Å². The number of nitrogens with one attached hydrogen (secondary N) is 1. The van der Waals surface area contributed by atoms with E-state index in [0.29, 0.717) is 0 Å². The van der Waals surface area contributed by atoms with Crippen molar-refractivity contribution >= 4 is 0 Å². The molecular weight excluding hydrogens is 174 g/mol. The summed E-state index contributed by atoms with van der Waals surface area (Å²) in [6, 6.07) is 0. The zero-order valence-electron chi connectivity index (χ0n) is 8.84. The second-order valence-corrected chi connectivity index (χ2v) is 3.44. The number of hydrogen-bond donors (Lipinski definition) is 2. The smallest absolute Gasteiger partial charge is 0.0775 e. The lowest BCUT2D eigenvalue weighted by molar-refractivity contribution is 0.353. The van der Waals surface area contributed by atoms with Crippen LogP contribution in [-0.2, 0) is 0 Å². The second kappa shape index (κ2) is 4.86. The zero-order chi connectivity index (χ0) is 10.6. The molecule has 3 heteroatoms. The molecule has 0 bridgehead atoms. The van der Waals surface area contributed by atoms with Gasteiger partial charge in [0.05, 0.1) is 11.4 Å². The summed E-state index contributed by atoms with van der Waals surface area (Å²) < 4.78 is 0. The molecular formula is C11H19N3. The Kier molecular flexibility index (Phi) is 3.77. The summed E-state index contributed by atoms with van der Waals surface area (Å²) in [7, 11) is 0. The second-order valence-electron chi connectivity index (χ2n) is 3.44. The molecule has 78 valence electrons. The Hall–Kier alpha value is -1.22. The summed E-state index contributed by atoms with van der Waals surface area (Å²) in [4.78, 5) is 0. The van der Waals surface area contributed by atoms with Crippen LogP contribution in [0.25, 0.3) is 0 Å². The van der Waals surface area contributed by atoms with Crippen molar-refractivity contribution < 1.29 is 0 Å². The lowest BCUT2D eigenvalue weighted by atomic mass is 10.0. The number of allylic oxidation sites excluding steroid dienone is 2. The predicted octanol–water partition coefficient (Wildman–Crippen LogP) is 1.52. The standard InChI is InChI=1S/C11H19N3/c1-4-8-14(12)11-9(3)6-7-13-10(11)5-2/h5,13H,2-4,6-8,12H2,1H3. The lowest BCUT2D eigenvalue weighted by Gasteiger charge is -2.29. The molecule has 0 aromatic carbocycles. The highest BCUT2D eigenvalue weighted by Crippen LogP contribution is 2.21. The van der Waals surface area contributed by atoms with Gasteiger partial charge in [0.15, 0.2) is 0 Å². The molecule has 1 aliphatic heterocycles. The summed E-state index contributed by atoms with van der Waals surface area (Å²) in [5, 5.41) is 5.02. The van der Waals surface area contributed by atoms with Crippen LogP contribution in [0.4, 0.5) is 0 Å². The van der Waals surface area contributed by atoms with Crippen molar-refractivity contribution in [3.63, 3.8) is 0 Å². The van der Waals surface area contributed by atoms with Gasteiger partial charge in [0.2, 0.25) is 0 Å². The van der Waals surface area contributed by atoms with Gasteiger partial charge in [-0.3, -0.25) is 0 Å². The first kappa shape index (κ1) is 10.9. The lowest BCUT2D eigenvalue weighted by Crippen LogP contribution is -2.37. The largest absolute Gasteiger partial charge is 0.383 e. The van der Waals surface area contributed by atoms with Gasteiger partial charge in [-0.25, -0.2) is 5.84 Å². The van der Waals surface area contributed by atoms with Crippen molar-refractivity contribution in [1.82, 2.24) is 10.3 Å². The molecule has 3 N–H and O–H groups in total. The highest BCUT2D eigenvalue weighted by atomic mass is 15.4. The molecule has 0 spiro atoms. The monoisotopic (exact) mass is 193 g/mol. The number of nitrogens with two attached hydrogens (primary N) is 1. The minimum absolute atomic E-state index is 0.841. The first-order valence-electron chi connectivity index (χ1n) is 5.01. The van der Waals surface area contributed by atoms with E-state index >= 15 is 0 Å². The van der Waals surface area contributed by atoms with E-state index in [4.69, 9.17) is 5.84 Å². The van der Waals surface area contributed by atoms with Crippen LogP contribution in [0.1, 0.15) is 19.8 Å². The molecule has 0 radical (unpaired) electrons. The van der Waals surface area contributed by atoms with Crippen LogP contribution in [0.3, 0.4) is 0 Å². The Labute approximate surface area is 85.9 Å². The molecule has 0 saturated heterocycles. The highest BCUT2D eigenvalue weighted by Gasteiger charge is 2.17. The summed E-state index contributed by atoms with van der Waals surface area (Å²) in [6.07, 6.45) is 3.77. The van der Waals surface area contributed by atoms with Crippen molar-refractivity contribution in [3.8, 4) is 0 Å². The predicted molar refractivity (Wildman–Crippen MR) is 60.2 cm³/mol. The maximum Gasteiger partial charge on any atom is 0.0775 e. The van der Waals surface area contributed by atoms with E-state index < -0.39 is 0 Å². The van der Waals surface area contributed by atoms with E-state index in [1.165, 1.54) is 0 Å². The van der Waals surface area contributed by atoms with Gasteiger partial charge in [0.1, 0.15) is 0 Å². The third-order valence-corrected chi connectivity index (χ3v) is 2.29. The fourth-order valence-corrected chi connectivity index (χ4v) is 1.62. The number of hydrazine groups is 1. The van der Waals surface area contributed by atoms with Crippen molar-refractivity contribution in [2.45, 2.75) is 19.8 Å². The minimum Gasteiger partial charge on any atom is -0.383 e. The molecule has 0 aromatic heterocycles. The Morgan fingerprint density at radius 2 is 2.36 bits per heavy atom. The Morgan fingerprint density at radius 1 is 1.64 bits per heavy atom. The number of rotatable bonds is 4. The molecule has 1 heterocycles. The molecule has 0 atom stereocenters. The number of nitrogens with zero attached hydrogens (tertiary/aromatic N) is 1. The third-order valence-electron chi connectivity index (χ3n) is 2.29. The molecule has 14 heavy (non-hydrogen) atoms. The van der Waals surface area contributed by atoms with Gasteiger partial charge in [-0.1, -0.05) is 20.1 Å². The molecule has 1 rings (SSSR count). The van der Waals surface area contributed by atoms with Crippen molar-refractivity contribution in [1.29, 1.82) is 0 Å². The van der Waals surface area contributed by atoms with Gasteiger partial charge in [0, 0.05) is 13.1 Å². The average Bonchev–Trinajstić information content (AvgIpc) is 2.17. The van der Waals surface area contributed by atoms with Gasteiger partial charge >= 0.3 is 0 Å². The molecule has 0 unspecified atom stereocenters. The number of hydrogen-bond acceptors (Lipinski definition) is 3. The molecule has 3 nitrogen and oxygen atoms in total. The maximum absolute atomic E-state index is 5.94. The van der Waals surface area contributed by atoms with Crippen LogP contribution in [-0.4, -0.2) is 18.1 Å². The van der Waals surface area contributed by atoms with Crippen molar-refractivity contribution in [2.75, 3.05) is 13.1 Å². The van der Waals surface area contributed by atoms with E-state index in [9.17, 15) is 0 Å². The van der Waals surface area contributed by atoms with Crippen LogP contribution < -0.4 is 11.2 Å². The maximum atomic E-state index is 5.94. The van der Waals surface area contributed by atoms with E-state index in [0.717, 1.165) is 42.9 Å². The van der Waals surface area contributed by atoms with Gasteiger partial charge in [0.25, 0.3) is 0 Å². The fourth-order valence-electron chi connectivity index (χ4n) is 1.62. The van der Waals surface area contributed by atoms with Crippen LogP contribution in [0, 0.1) is 0 Å². The summed E-state index contributed by atoms with van der Waals surface area (Å²) in [5.41, 5.74) is 3.10. The van der Waals surface area contributed by atoms with E-state index in [1.807, 2.05) is 0 Å². The summed E-state index contributed by atoms with van der Waals surface area (Å²) >= 11 is 0. The Bertz CT molecular complexity index is 266. The normalized spacial score (nSPS) is 16.6.